The van der Waals surface area contributed by atoms with Crippen molar-refractivity contribution in [1.29, 1.82) is 0 Å². The van der Waals surface area contributed by atoms with Crippen molar-refractivity contribution < 1.29 is 45.9 Å². The Balaban J connectivity index is 0. The van der Waals surface area contributed by atoms with E-state index in [0.29, 0.717) is 31.3 Å². The Morgan fingerprint density at radius 3 is 1.67 bits per heavy atom. The summed E-state index contributed by atoms with van der Waals surface area (Å²) in [6, 6.07) is 1.72. The second-order valence-corrected chi connectivity index (χ2v) is 5.12. The molecular weight excluding hydrogens is 435 g/mol. The molecule has 0 amide bonds. The summed E-state index contributed by atoms with van der Waals surface area (Å²) in [6.45, 7) is 4.73. The van der Waals surface area contributed by atoms with Crippen molar-refractivity contribution in [3.63, 3.8) is 0 Å². The summed E-state index contributed by atoms with van der Waals surface area (Å²) >= 11 is 0. The van der Waals surface area contributed by atoms with Gasteiger partial charge in [0.25, 0.3) is 0 Å². The number of rotatable bonds is 7. The van der Waals surface area contributed by atoms with E-state index in [1.807, 2.05) is 0 Å². The Kier molecular flexibility index (Phi) is 17.3. The van der Waals surface area contributed by atoms with Gasteiger partial charge in [-0.25, -0.2) is 33.7 Å². The van der Waals surface area contributed by atoms with Gasteiger partial charge in [0.05, 0.1) is 0 Å². The van der Waals surface area contributed by atoms with E-state index in [1.54, 1.807) is 18.5 Å². The first-order valence-electron chi connectivity index (χ1n) is 7.22. The van der Waals surface area contributed by atoms with E-state index in [4.69, 9.17) is 35.8 Å². The maximum Gasteiger partial charge on any atom is 2.00 e. The molecule has 0 unspecified atom stereocenters. The van der Waals surface area contributed by atoms with Gasteiger partial charge in [-0.1, -0.05) is 0 Å². The quantitative estimate of drug-likeness (QED) is 0.327. The van der Waals surface area contributed by atoms with Crippen LogP contribution in [0, 0.1) is 10.2 Å². The van der Waals surface area contributed by atoms with Crippen molar-refractivity contribution in [2.24, 2.45) is 17.2 Å². The zero-order valence-corrected chi connectivity index (χ0v) is 15.8. The Bertz CT molecular complexity index is 528. The molecule has 2 heterocycles. The smallest absolute Gasteiger partial charge is 0.329 e. The topological polar surface area (TPSA) is 252 Å². The Morgan fingerprint density at radius 2 is 1.33 bits per heavy atom. The number of tetrazole rings is 1. The molecule has 0 aromatic carbocycles. The van der Waals surface area contributed by atoms with Crippen LogP contribution in [-0.4, -0.2) is 69.5 Å². The molecule has 0 saturated heterocycles. The molecule has 2 aromatic heterocycles. The third kappa shape index (κ3) is 17.8. The van der Waals surface area contributed by atoms with E-state index in [2.05, 4.69) is 35.5 Å². The number of nitrogens with two attached hydrogens (primary N) is 3. The molecule has 0 aliphatic carbocycles. The summed E-state index contributed by atoms with van der Waals surface area (Å²) in [4.78, 5) is 9.98. The molecule has 0 aliphatic rings. The second-order valence-electron chi connectivity index (χ2n) is 4.36. The van der Waals surface area contributed by atoms with Crippen LogP contribution >= 0.6 is 0 Å². The van der Waals surface area contributed by atoms with Crippen LogP contribution in [0.5, 0.6) is 0 Å². The van der Waals surface area contributed by atoms with E-state index in [9.17, 15) is 0 Å². The summed E-state index contributed by atoms with van der Waals surface area (Å²) in [7, 11) is -4.94. The Labute approximate surface area is 168 Å². The third-order valence-corrected chi connectivity index (χ3v) is 2.42. The van der Waals surface area contributed by atoms with E-state index in [-0.39, 0.29) is 17.1 Å². The molecule has 0 aliphatic heterocycles. The standard InChI is InChI=1S/C6H18N4.C5H3N6.ClHO4.Cu/c7-1-4-10(5-2-8)6-3-9;1-2-6-4(7-3-1)5-8-10-11-9-5;2-1(3,4)5;/h1-9H2;1-3H;(H,2,3,4,5);/q;-1;;+2/p-1. The van der Waals surface area contributed by atoms with E-state index in [0.717, 1.165) is 19.6 Å². The number of aromatic nitrogens is 6. The van der Waals surface area contributed by atoms with Crippen LogP contribution in [0.3, 0.4) is 0 Å². The van der Waals surface area contributed by atoms with Crippen LogP contribution < -0.4 is 41.1 Å². The van der Waals surface area contributed by atoms with Crippen molar-refractivity contribution in [3.8, 4) is 11.6 Å². The molecule has 0 saturated carbocycles. The fourth-order valence-electron chi connectivity index (χ4n) is 1.53. The average Bonchev–Trinajstić information content (AvgIpc) is 3.10. The van der Waals surface area contributed by atoms with Gasteiger partial charge in [0.2, 0.25) is 0 Å². The van der Waals surface area contributed by atoms with Gasteiger partial charge in [0.15, 0.2) is 5.82 Å². The molecule has 27 heavy (non-hydrogen) atoms. The monoisotopic (exact) mass is 455 g/mol. The van der Waals surface area contributed by atoms with Crippen LogP contribution in [0.1, 0.15) is 0 Å². The van der Waals surface area contributed by atoms with Crippen molar-refractivity contribution >= 4 is 0 Å². The van der Waals surface area contributed by atoms with Crippen molar-refractivity contribution in [1.82, 2.24) is 35.5 Å². The molecule has 0 atom stereocenters. The van der Waals surface area contributed by atoms with Crippen molar-refractivity contribution in [3.05, 3.63) is 18.5 Å². The van der Waals surface area contributed by atoms with Gasteiger partial charge in [-0.2, -0.15) is 0 Å². The van der Waals surface area contributed by atoms with Gasteiger partial charge in [-0.15, -0.1) is 10.2 Å². The zero-order valence-electron chi connectivity index (χ0n) is 14.1. The Morgan fingerprint density at radius 1 is 0.889 bits per heavy atom. The molecule has 0 bridgehead atoms. The number of halogens is 1. The van der Waals surface area contributed by atoms with Crippen LogP contribution in [0.25, 0.3) is 11.6 Å². The van der Waals surface area contributed by atoms with Crippen LogP contribution in [0.4, 0.5) is 0 Å². The van der Waals surface area contributed by atoms with Gasteiger partial charge in [0, 0.05) is 51.7 Å². The number of hydrogen-bond donors (Lipinski definition) is 3. The maximum absolute atomic E-state index is 8.49. The largest absolute Gasteiger partial charge is 2.00 e. The van der Waals surface area contributed by atoms with E-state index >= 15 is 0 Å². The minimum atomic E-state index is -4.94. The molecule has 157 valence electrons. The molecule has 6 N–H and O–H groups in total. The van der Waals surface area contributed by atoms with Crippen molar-refractivity contribution in [2.75, 3.05) is 39.3 Å². The van der Waals surface area contributed by atoms with Crippen molar-refractivity contribution in [2.45, 2.75) is 0 Å². The molecule has 2 aromatic rings. The fourth-order valence-corrected chi connectivity index (χ4v) is 1.53. The first-order valence-corrected chi connectivity index (χ1v) is 8.45. The average molecular weight is 456 g/mol. The number of hydrogen-bond acceptors (Lipinski definition) is 13. The second kappa shape index (κ2) is 16.8. The van der Waals surface area contributed by atoms with Gasteiger partial charge in [-0.3, -0.25) is 15.3 Å². The van der Waals surface area contributed by atoms with Crippen LogP contribution in [0.2, 0.25) is 0 Å². The normalized spacial score (nSPS) is 10.2. The third-order valence-electron chi connectivity index (χ3n) is 2.42. The minimum Gasteiger partial charge on any atom is -0.329 e. The van der Waals surface area contributed by atoms with Gasteiger partial charge in [0.1, 0.15) is 5.82 Å². The molecule has 14 nitrogen and oxygen atoms in total. The number of nitrogens with zero attached hydrogens (tertiary/aromatic N) is 7. The van der Waals surface area contributed by atoms with E-state index < -0.39 is 10.2 Å². The van der Waals surface area contributed by atoms with Crippen LogP contribution in [0.15, 0.2) is 18.5 Å². The SMILES string of the molecule is NCCN(CCN)CCN.[Cu+2].[O-][Cl+3]([O-])([O-])[O-].c1cnc(-c2nn[n-]n2)nc1. The summed E-state index contributed by atoms with van der Waals surface area (Å²) in [5.74, 6) is 0.795. The van der Waals surface area contributed by atoms with Gasteiger partial charge in [-0.05, 0) is 6.07 Å². The van der Waals surface area contributed by atoms with Gasteiger partial charge >= 0.3 is 17.1 Å². The van der Waals surface area contributed by atoms with E-state index in [1.165, 1.54) is 0 Å². The summed E-state index contributed by atoms with van der Waals surface area (Å²) < 4.78 is 34.0. The van der Waals surface area contributed by atoms with Crippen LogP contribution in [-0.2, 0) is 17.1 Å². The predicted octanol–water partition coefficient (Wildman–Crippen LogP) is -7.31. The molecule has 1 radical (unpaired) electrons. The summed E-state index contributed by atoms with van der Waals surface area (Å²) in [5, 5.41) is 13.8. The van der Waals surface area contributed by atoms with Gasteiger partial charge < -0.3 is 22.3 Å². The predicted molar refractivity (Wildman–Crippen MR) is 77.8 cm³/mol. The molecule has 0 fully saturated rings. The summed E-state index contributed by atoms with van der Waals surface area (Å²) in [5.41, 5.74) is 16.1. The molecule has 2 rings (SSSR count). The zero-order chi connectivity index (χ0) is 19.8. The minimum absolute atomic E-state index is 0. The maximum atomic E-state index is 8.49. The first-order chi connectivity index (χ1) is 12.3. The molecule has 16 heteroatoms. The Hall–Kier alpha value is -1.36. The molecule has 0 spiro atoms. The summed E-state index contributed by atoms with van der Waals surface area (Å²) in [6.07, 6.45) is 3.22. The first kappa shape index (κ1) is 27.9. The molecular formula is C11H21ClCuN10O4. The fraction of sp³-hybridized carbons (Fsp3) is 0.545.